The van der Waals surface area contributed by atoms with E-state index < -0.39 is 36.3 Å². The molecule has 0 heterocycles. The van der Waals surface area contributed by atoms with E-state index in [1.807, 2.05) is 0 Å². The Labute approximate surface area is 240 Å². The molecule has 3 aromatic rings. The molecular weight excluding hydrogens is 554 g/mol. The van der Waals surface area contributed by atoms with Crippen molar-refractivity contribution in [2.75, 3.05) is 6.54 Å². The number of nitrogens with two attached hydrogens (primary N) is 2. The number of nitrogens with zero attached hydrogens (tertiary/aromatic N) is 2. The maximum atomic E-state index is 13.3. The number of esters is 1. The molecule has 0 aromatic heterocycles. The predicted octanol–water partition coefficient (Wildman–Crippen LogP) is 2.51. The van der Waals surface area contributed by atoms with Crippen molar-refractivity contribution in [1.82, 2.24) is 10.3 Å². The minimum absolute atomic E-state index is 0.00518. The van der Waals surface area contributed by atoms with Gasteiger partial charge in [-0.25, -0.2) is 20.4 Å². The largest absolute Gasteiger partial charge is 0.481 e. The van der Waals surface area contributed by atoms with Crippen molar-refractivity contribution in [3.63, 3.8) is 0 Å². The Morgan fingerprint density at radius 2 is 1.68 bits per heavy atom. The summed E-state index contributed by atoms with van der Waals surface area (Å²) in [6.07, 6.45) is -0.736. The molecule has 12 nitrogen and oxygen atoms in total. The number of carbonyl (C=O) groups is 4. The number of ether oxygens (including phenoxy) is 1. The van der Waals surface area contributed by atoms with Crippen molar-refractivity contribution >= 4 is 47.1 Å². The second-order valence-corrected chi connectivity index (χ2v) is 9.19. The second-order valence-electron chi connectivity index (χ2n) is 8.78. The first-order chi connectivity index (χ1) is 19.6. The zero-order chi connectivity index (χ0) is 29.9. The van der Waals surface area contributed by atoms with Crippen LogP contribution in [0.4, 0.5) is 5.69 Å². The van der Waals surface area contributed by atoms with E-state index in [1.54, 1.807) is 42.5 Å². The number of carboxylic acid groups (broad SMARTS) is 2. The van der Waals surface area contributed by atoms with Crippen LogP contribution in [-0.4, -0.2) is 57.5 Å². The first-order valence-corrected chi connectivity index (χ1v) is 12.6. The fourth-order valence-corrected chi connectivity index (χ4v) is 4.08. The summed E-state index contributed by atoms with van der Waals surface area (Å²) in [6, 6.07) is 17.8. The molecule has 3 rings (SSSR count). The van der Waals surface area contributed by atoms with Crippen molar-refractivity contribution in [2.24, 2.45) is 16.6 Å². The van der Waals surface area contributed by atoms with Crippen LogP contribution in [0, 0.1) is 0 Å². The molecule has 0 saturated carbocycles. The van der Waals surface area contributed by atoms with Gasteiger partial charge in [-0.05, 0) is 47.5 Å². The summed E-state index contributed by atoms with van der Waals surface area (Å²) in [7, 11) is 0. The number of benzene rings is 3. The topological polar surface area (TPSA) is 198 Å². The predicted molar refractivity (Wildman–Crippen MR) is 151 cm³/mol. The summed E-state index contributed by atoms with van der Waals surface area (Å²) in [6.45, 7) is -0.301. The van der Waals surface area contributed by atoms with Gasteiger partial charge in [-0.1, -0.05) is 48.0 Å². The summed E-state index contributed by atoms with van der Waals surface area (Å²) in [4.78, 5) is 54.2. The minimum atomic E-state index is -1.29. The zero-order valence-corrected chi connectivity index (χ0v) is 22.5. The molecule has 0 spiro atoms. The number of guanidine groups is 1. The lowest BCUT2D eigenvalue weighted by Crippen LogP contribution is -2.48. The number of hydrogen-bond donors (Lipinski definition) is 5. The third-order valence-corrected chi connectivity index (χ3v) is 6.25. The number of hydrazine groups is 1. The van der Waals surface area contributed by atoms with Gasteiger partial charge in [-0.15, -0.1) is 0 Å². The number of carboxylic acids is 2. The van der Waals surface area contributed by atoms with Crippen molar-refractivity contribution in [3.05, 3.63) is 94.5 Å². The first-order valence-electron chi connectivity index (χ1n) is 12.3. The number of hydrogen-bond acceptors (Lipinski definition) is 7. The van der Waals surface area contributed by atoms with E-state index in [-0.39, 0.29) is 41.7 Å². The lowest BCUT2D eigenvalue weighted by atomic mass is 10.0. The Morgan fingerprint density at radius 1 is 1.00 bits per heavy atom. The molecule has 0 unspecified atom stereocenters. The van der Waals surface area contributed by atoms with Crippen LogP contribution < -0.4 is 21.7 Å². The number of amides is 1. The van der Waals surface area contributed by atoms with Crippen LogP contribution in [0.25, 0.3) is 0 Å². The molecule has 0 aliphatic rings. The number of halogens is 1. The maximum Gasteiger partial charge on any atom is 0.343 e. The SMILES string of the molecule is NNC(N)=Nc1ccc(C(=O)Oc2ccc(CC(=O)N(CCC(=O)O)[C@@H](Cc3ccccc3)C(=O)O)c(Cl)c2)cc1. The Morgan fingerprint density at radius 3 is 2.27 bits per heavy atom. The number of nitrogens with one attached hydrogen (secondary N) is 1. The highest BCUT2D eigenvalue weighted by Crippen LogP contribution is 2.25. The number of rotatable bonds is 12. The molecule has 1 amide bonds. The summed E-state index contributed by atoms with van der Waals surface area (Å²) in [5.41, 5.74) is 9.40. The molecule has 0 radical (unpaired) electrons. The fraction of sp³-hybridized carbons (Fsp3) is 0.179. The van der Waals surface area contributed by atoms with Gasteiger partial charge in [0, 0.05) is 18.0 Å². The number of aliphatic carboxylic acids is 2. The highest BCUT2D eigenvalue weighted by Gasteiger charge is 2.30. The molecule has 13 heteroatoms. The van der Waals surface area contributed by atoms with Gasteiger partial charge in [-0.3, -0.25) is 15.0 Å². The van der Waals surface area contributed by atoms with E-state index in [1.165, 1.54) is 30.3 Å². The highest BCUT2D eigenvalue weighted by molar-refractivity contribution is 6.31. The lowest BCUT2D eigenvalue weighted by molar-refractivity contribution is -0.151. The Kier molecular flexibility index (Phi) is 10.8. The van der Waals surface area contributed by atoms with Gasteiger partial charge >= 0.3 is 17.9 Å². The highest BCUT2D eigenvalue weighted by atomic mass is 35.5. The van der Waals surface area contributed by atoms with Gasteiger partial charge in [0.15, 0.2) is 0 Å². The monoisotopic (exact) mass is 581 g/mol. The van der Waals surface area contributed by atoms with E-state index in [0.717, 1.165) is 4.90 Å². The summed E-state index contributed by atoms with van der Waals surface area (Å²) in [5.74, 6) is 1.56. The maximum absolute atomic E-state index is 13.3. The van der Waals surface area contributed by atoms with Gasteiger partial charge in [-0.2, -0.15) is 0 Å². The van der Waals surface area contributed by atoms with Crippen molar-refractivity contribution in [1.29, 1.82) is 0 Å². The van der Waals surface area contributed by atoms with Crippen LogP contribution in [-0.2, 0) is 27.2 Å². The van der Waals surface area contributed by atoms with Crippen molar-refractivity contribution < 1.29 is 34.1 Å². The quantitative estimate of drug-likeness (QED) is 0.0529. The number of aliphatic imine (C=N–C) groups is 1. The van der Waals surface area contributed by atoms with Gasteiger partial charge in [0.05, 0.1) is 24.1 Å². The Bertz CT molecular complexity index is 1430. The normalized spacial score (nSPS) is 11.8. The van der Waals surface area contributed by atoms with Crippen molar-refractivity contribution in [2.45, 2.75) is 25.3 Å². The van der Waals surface area contributed by atoms with Crippen LogP contribution in [0.2, 0.25) is 5.02 Å². The van der Waals surface area contributed by atoms with Crippen LogP contribution >= 0.6 is 11.6 Å². The van der Waals surface area contributed by atoms with E-state index in [2.05, 4.69) is 10.4 Å². The fourth-order valence-electron chi connectivity index (χ4n) is 3.85. The number of carbonyl (C=O) groups excluding carboxylic acids is 2. The van der Waals surface area contributed by atoms with E-state index >= 15 is 0 Å². The average molecular weight is 582 g/mol. The Balaban J connectivity index is 1.73. The van der Waals surface area contributed by atoms with Crippen LogP contribution in [0.5, 0.6) is 5.75 Å². The molecule has 0 saturated heterocycles. The van der Waals surface area contributed by atoms with E-state index in [4.69, 9.17) is 33.0 Å². The smallest absolute Gasteiger partial charge is 0.343 e. The van der Waals surface area contributed by atoms with Crippen LogP contribution in [0.15, 0.2) is 77.8 Å². The summed E-state index contributed by atoms with van der Waals surface area (Å²) >= 11 is 6.37. The minimum Gasteiger partial charge on any atom is -0.481 e. The molecule has 41 heavy (non-hydrogen) atoms. The molecule has 0 bridgehead atoms. The molecule has 1 atom stereocenters. The van der Waals surface area contributed by atoms with Gasteiger partial charge in [0.25, 0.3) is 0 Å². The lowest BCUT2D eigenvalue weighted by Gasteiger charge is -2.29. The molecule has 3 aromatic carbocycles. The second kappa shape index (κ2) is 14.4. The van der Waals surface area contributed by atoms with E-state index in [9.17, 15) is 24.3 Å². The molecule has 0 aliphatic heterocycles. The van der Waals surface area contributed by atoms with Gasteiger partial charge in [0.2, 0.25) is 11.9 Å². The standard InChI is InChI=1S/C28H28ClN5O7/c29-22-16-21(41-27(40)18-6-9-20(10-7-18)32-28(30)33-31)11-8-19(22)15-24(35)34(13-12-25(36)37)23(26(38)39)14-17-4-2-1-3-5-17/h1-11,16,23H,12-15,31H2,(H,36,37)(H,38,39)(H3,30,32,33)/t23-/m0/s1. The van der Waals surface area contributed by atoms with E-state index in [0.29, 0.717) is 16.8 Å². The summed E-state index contributed by atoms with van der Waals surface area (Å²) < 4.78 is 5.38. The first kappa shape index (κ1) is 30.6. The molecular formula is C28H28ClN5O7. The van der Waals surface area contributed by atoms with Gasteiger partial charge < -0.3 is 25.6 Å². The molecule has 0 fully saturated rings. The molecule has 214 valence electrons. The van der Waals surface area contributed by atoms with Gasteiger partial charge in [0.1, 0.15) is 11.8 Å². The van der Waals surface area contributed by atoms with Crippen LogP contribution in [0.1, 0.15) is 27.9 Å². The summed E-state index contributed by atoms with van der Waals surface area (Å²) in [5, 5.41) is 19.2. The van der Waals surface area contributed by atoms with Crippen LogP contribution in [0.3, 0.4) is 0 Å². The zero-order valence-electron chi connectivity index (χ0n) is 21.7. The molecule has 7 N–H and O–H groups in total. The third kappa shape index (κ3) is 9.05. The third-order valence-electron chi connectivity index (χ3n) is 5.90. The average Bonchev–Trinajstić information content (AvgIpc) is 2.94. The van der Waals surface area contributed by atoms with Crippen molar-refractivity contribution in [3.8, 4) is 5.75 Å². The molecule has 0 aliphatic carbocycles. The Hall–Kier alpha value is -4.94.